The van der Waals surface area contributed by atoms with Crippen LogP contribution in [0, 0.1) is 0 Å². The molecule has 0 unspecified atom stereocenters. The van der Waals surface area contributed by atoms with Crippen molar-refractivity contribution in [1.29, 1.82) is 0 Å². The molecule has 1 heterocycles. The number of hydrogen-bond donors (Lipinski definition) is 0. The Morgan fingerprint density at radius 2 is 1.63 bits per heavy atom. The molecule has 0 atom stereocenters. The van der Waals surface area contributed by atoms with Crippen LogP contribution in [0.5, 0.6) is 11.5 Å². The van der Waals surface area contributed by atoms with Gasteiger partial charge in [0, 0.05) is 13.1 Å². The van der Waals surface area contributed by atoms with Gasteiger partial charge < -0.3 is 4.74 Å². The molecule has 4 nitrogen and oxygen atoms in total. The number of ether oxygens (including phenoxy) is 1. The number of nitrogens with zero attached hydrogens (tertiary/aromatic N) is 1. The molecule has 0 amide bonds. The van der Waals surface area contributed by atoms with E-state index in [4.69, 9.17) is 4.74 Å². The Morgan fingerprint density at radius 3 is 2.22 bits per heavy atom. The van der Waals surface area contributed by atoms with Gasteiger partial charge in [0.1, 0.15) is 11.5 Å². The largest absolute Gasteiger partial charge is 0.457 e. The number of alkyl halides is 3. The summed E-state index contributed by atoms with van der Waals surface area (Å²) in [6, 6.07) is 9.80. The Morgan fingerprint density at radius 1 is 1.00 bits per heavy atom. The van der Waals surface area contributed by atoms with Gasteiger partial charge in [-0.15, -0.1) is 0 Å². The van der Waals surface area contributed by atoms with E-state index in [2.05, 4.69) is 0 Å². The Labute approximate surface area is 156 Å². The zero-order valence-electron chi connectivity index (χ0n) is 15.0. The maximum atomic E-state index is 12.6. The lowest BCUT2D eigenvalue weighted by Gasteiger charge is -2.29. The summed E-state index contributed by atoms with van der Waals surface area (Å²) in [7, 11) is -3.35. The van der Waals surface area contributed by atoms with Crippen LogP contribution in [0.2, 0.25) is 0 Å². The van der Waals surface area contributed by atoms with Crippen molar-refractivity contribution < 1.29 is 26.3 Å². The van der Waals surface area contributed by atoms with Crippen LogP contribution in [0.15, 0.2) is 42.5 Å². The van der Waals surface area contributed by atoms with Crippen molar-refractivity contribution in [3.63, 3.8) is 0 Å². The van der Waals surface area contributed by atoms with Crippen LogP contribution < -0.4 is 4.74 Å². The maximum Gasteiger partial charge on any atom is 0.416 e. The minimum Gasteiger partial charge on any atom is -0.457 e. The average Bonchev–Trinajstić information content (AvgIpc) is 2.60. The zero-order chi connectivity index (χ0) is 19.8. The monoisotopic (exact) mass is 399 g/mol. The van der Waals surface area contributed by atoms with Gasteiger partial charge in [-0.1, -0.05) is 6.07 Å². The molecule has 1 aliphatic rings. The fraction of sp³-hybridized carbons (Fsp3) is 0.368. The van der Waals surface area contributed by atoms with E-state index in [1.165, 1.54) is 16.4 Å². The smallest absolute Gasteiger partial charge is 0.416 e. The molecule has 146 valence electrons. The molecule has 1 aliphatic heterocycles. The van der Waals surface area contributed by atoms with E-state index >= 15 is 0 Å². The van der Waals surface area contributed by atoms with Crippen molar-refractivity contribution in [1.82, 2.24) is 4.31 Å². The van der Waals surface area contributed by atoms with Crippen molar-refractivity contribution in [2.75, 3.05) is 6.54 Å². The molecule has 0 spiro atoms. The standard InChI is InChI=1S/C19H20F3NO3S/c1-13(2)27(24,25)23-10-9-14-3-6-18(11-15(14)12-23)26-17-7-4-16(5-8-17)19(20,21)22/h3-8,11,13H,9-10,12H2,1-2H3. The van der Waals surface area contributed by atoms with Crippen LogP contribution in [0.4, 0.5) is 13.2 Å². The molecule has 0 fully saturated rings. The topological polar surface area (TPSA) is 46.6 Å². The second-order valence-electron chi connectivity index (χ2n) is 6.73. The highest BCUT2D eigenvalue weighted by molar-refractivity contribution is 7.89. The predicted octanol–water partition coefficient (Wildman–Crippen LogP) is 4.59. The van der Waals surface area contributed by atoms with Gasteiger partial charge in [-0.3, -0.25) is 0 Å². The molecule has 27 heavy (non-hydrogen) atoms. The summed E-state index contributed by atoms with van der Waals surface area (Å²) in [5.74, 6) is 0.739. The highest BCUT2D eigenvalue weighted by Gasteiger charge is 2.30. The maximum absolute atomic E-state index is 12.6. The second kappa shape index (κ2) is 7.16. The summed E-state index contributed by atoms with van der Waals surface area (Å²) in [5, 5.41) is -0.495. The van der Waals surface area contributed by atoms with Gasteiger partial charge in [0.25, 0.3) is 0 Å². The molecule has 3 rings (SSSR count). The number of hydrogen-bond acceptors (Lipinski definition) is 3. The van der Waals surface area contributed by atoms with Crippen LogP contribution in [0.1, 0.15) is 30.5 Å². The second-order valence-corrected chi connectivity index (χ2v) is 9.22. The van der Waals surface area contributed by atoms with Gasteiger partial charge >= 0.3 is 6.18 Å². The summed E-state index contributed by atoms with van der Waals surface area (Å²) < 4.78 is 69.8. The van der Waals surface area contributed by atoms with Gasteiger partial charge in [0.2, 0.25) is 10.0 Å². The molecule has 0 N–H and O–H groups in total. The van der Waals surface area contributed by atoms with Crippen molar-refractivity contribution in [3.8, 4) is 11.5 Å². The molecule has 0 aliphatic carbocycles. The van der Waals surface area contributed by atoms with E-state index in [0.717, 1.165) is 23.3 Å². The molecular formula is C19H20F3NO3S. The lowest BCUT2D eigenvalue weighted by Crippen LogP contribution is -2.39. The first-order chi connectivity index (χ1) is 12.6. The molecule has 0 saturated heterocycles. The molecule has 2 aromatic carbocycles. The number of rotatable bonds is 4. The van der Waals surface area contributed by atoms with Crippen LogP contribution in [0.3, 0.4) is 0 Å². The van der Waals surface area contributed by atoms with Crippen molar-refractivity contribution in [3.05, 3.63) is 59.2 Å². The fourth-order valence-corrected chi connectivity index (χ4v) is 4.20. The first kappa shape index (κ1) is 19.7. The van der Waals surface area contributed by atoms with E-state index < -0.39 is 27.0 Å². The van der Waals surface area contributed by atoms with E-state index in [1.54, 1.807) is 26.0 Å². The van der Waals surface area contributed by atoms with Gasteiger partial charge in [0.05, 0.1) is 10.8 Å². The molecule has 0 aromatic heterocycles. The molecule has 0 radical (unpaired) electrons. The van der Waals surface area contributed by atoms with Gasteiger partial charge in [0.15, 0.2) is 0 Å². The molecule has 8 heteroatoms. The highest BCUT2D eigenvalue weighted by Crippen LogP contribution is 2.32. The summed E-state index contributed by atoms with van der Waals surface area (Å²) >= 11 is 0. The highest BCUT2D eigenvalue weighted by atomic mass is 32.2. The van der Waals surface area contributed by atoms with Crippen LogP contribution in [0.25, 0.3) is 0 Å². The third kappa shape index (κ3) is 4.27. The SMILES string of the molecule is CC(C)S(=O)(=O)N1CCc2ccc(Oc3ccc(C(F)(F)F)cc3)cc2C1. The third-order valence-corrected chi connectivity index (χ3v) is 6.75. The molecule has 0 saturated carbocycles. The lowest BCUT2D eigenvalue weighted by atomic mass is 10.0. The quantitative estimate of drug-likeness (QED) is 0.755. The minimum atomic E-state index is -4.39. The number of halogens is 3. The molecule has 0 bridgehead atoms. The van der Waals surface area contributed by atoms with Crippen molar-refractivity contribution in [2.45, 2.75) is 38.2 Å². The average molecular weight is 399 g/mol. The van der Waals surface area contributed by atoms with Gasteiger partial charge in [-0.25, -0.2) is 8.42 Å². The van der Waals surface area contributed by atoms with E-state index in [-0.39, 0.29) is 12.3 Å². The van der Waals surface area contributed by atoms with E-state index in [1.807, 2.05) is 6.07 Å². The van der Waals surface area contributed by atoms with Crippen molar-refractivity contribution >= 4 is 10.0 Å². The van der Waals surface area contributed by atoms with Crippen LogP contribution >= 0.6 is 0 Å². The van der Waals surface area contributed by atoms with Crippen LogP contribution in [-0.2, 0) is 29.2 Å². The third-order valence-electron chi connectivity index (χ3n) is 4.53. The van der Waals surface area contributed by atoms with E-state index in [9.17, 15) is 21.6 Å². The molecular weight excluding hydrogens is 379 g/mol. The summed E-state index contributed by atoms with van der Waals surface area (Å²) in [5.41, 5.74) is 1.15. The number of benzene rings is 2. The normalized spacial score (nSPS) is 15.6. The Hall–Kier alpha value is -2.06. The number of sulfonamides is 1. The van der Waals surface area contributed by atoms with Gasteiger partial charge in [-0.05, 0) is 67.8 Å². The Bertz CT molecular complexity index is 922. The summed E-state index contributed by atoms with van der Waals surface area (Å²) in [4.78, 5) is 0. The first-order valence-electron chi connectivity index (χ1n) is 8.53. The zero-order valence-corrected chi connectivity index (χ0v) is 15.8. The Kier molecular flexibility index (Phi) is 5.22. The summed E-state index contributed by atoms with van der Waals surface area (Å²) in [6.45, 7) is 4.00. The summed E-state index contributed by atoms with van der Waals surface area (Å²) in [6.07, 6.45) is -3.78. The minimum absolute atomic E-state index is 0.264. The van der Waals surface area contributed by atoms with E-state index in [0.29, 0.717) is 18.7 Å². The van der Waals surface area contributed by atoms with Gasteiger partial charge in [-0.2, -0.15) is 17.5 Å². The lowest BCUT2D eigenvalue weighted by molar-refractivity contribution is -0.137. The van der Waals surface area contributed by atoms with Crippen molar-refractivity contribution in [2.24, 2.45) is 0 Å². The van der Waals surface area contributed by atoms with Crippen LogP contribution in [-0.4, -0.2) is 24.5 Å². The fourth-order valence-electron chi connectivity index (χ4n) is 2.93. The Balaban J connectivity index is 1.78. The predicted molar refractivity (Wildman–Crippen MR) is 96.1 cm³/mol. The molecule has 2 aromatic rings. The first-order valence-corrected chi connectivity index (χ1v) is 10.0. The number of fused-ring (bicyclic) bond motifs is 1.